The molecule has 2 rings (SSSR count). The van der Waals surface area contributed by atoms with Gasteiger partial charge in [-0.2, -0.15) is 0 Å². The van der Waals surface area contributed by atoms with E-state index < -0.39 is 10.0 Å². The first kappa shape index (κ1) is 14.2. The smallest absolute Gasteiger partial charge is 0.267 e. The largest absolute Gasteiger partial charge is 0.292 e. The Morgan fingerprint density at radius 3 is 2.35 bits per heavy atom. The number of sulfonamides is 1. The third-order valence-corrected chi connectivity index (χ3v) is 4.44. The summed E-state index contributed by atoms with van der Waals surface area (Å²) in [6.45, 7) is 2.03. The molecule has 0 aliphatic rings. The summed E-state index contributed by atoms with van der Waals surface area (Å²) >= 11 is 0. The van der Waals surface area contributed by atoms with Gasteiger partial charge in [0.05, 0.1) is 18.1 Å². The van der Waals surface area contributed by atoms with Gasteiger partial charge in [0.15, 0.2) is 0 Å². The summed E-state index contributed by atoms with van der Waals surface area (Å²) in [5, 5.41) is 0. The Morgan fingerprint density at radius 1 is 1.25 bits per heavy atom. The summed E-state index contributed by atoms with van der Waals surface area (Å²) in [7, 11) is -3.72. The molecule has 0 radical (unpaired) electrons. The second-order valence-corrected chi connectivity index (χ2v) is 5.62. The number of hydrazine groups is 1. The first-order valence-corrected chi connectivity index (χ1v) is 7.25. The lowest BCUT2D eigenvalue weighted by molar-refractivity contribution is 0.591. The summed E-state index contributed by atoms with van der Waals surface area (Å²) in [6.07, 6.45) is 5.49. The average Bonchev–Trinajstić information content (AvgIpc) is 2.49. The molecule has 0 aliphatic heterocycles. The molecule has 0 bridgehead atoms. The lowest BCUT2D eigenvalue weighted by Gasteiger charge is -2.22. The van der Waals surface area contributed by atoms with Crippen molar-refractivity contribution in [1.82, 2.24) is 15.0 Å². The number of aromatic nitrogens is 3. The van der Waals surface area contributed by atoms with E-state index in [1.165, 1.54) is 29.1 Å². The molecule has 0 fully saturated rings. The molecule has 3 N–H and O–H groups in total. The van der Waals surface area contributed by atoms with E-state index in [9.17, 15) is 8.42 Å². The van der Waals surface area contributed by atoms with Gasteiger partial charge in [-0.15, -0.1) is 0 Å². The van der Waals surface area contributed by atoms with Gasteiger partial charge in [-0.1, -0.05) is 0 Å². The maximum atomic E-state index is 12.5. The van der Waals surface area contributed by atoms with Crippen molar-refractivity contribution in [2.75, 3.05) is 16.3 Å². The van der Waals surface area contributed by atoms with Crippen molar-refractivity contribution >= 4 is 21.7 Å². The standard InChI is InChI=1S/C11H14N6O2S/c1-2-17(9-3-5-13-6-4-9)20(18,19)10-7-14-11(16-12)15-8-10/h3-8H,2,12H2,1H3,(H,14,15,16). The average molecular weight is 294 g/mol. The van der Waals surface area contributed by atoms with Gasteiger partial charge in [0.25, 0.3) is 10.0 Å². The van der Waals surface area contributed by atoms with E-state index in [0.29, 0.717) is 5.69 Å². The maximum Gasteiger partial charge on any atom is 0.267 e. The van der Waals surface area contributed by atoms with Crippen LogP contribution >= 0.6 is 0 Å². The second kappa shape index (κ2) is 5.80. The summed E-state index contributed by atoms with van der Waals surface area (Å²) in [5.74, 6) is 5.29. The minimum Gasteiger partial charge on any atom is -0.292 e. The van der Waals surface area contributed by atoms with Crippen LogP contribution in [0.5, 0.6) is 0 Å². The van der Waals surface area contributed by atoms with Crippen molar-refractivity contribution in [2.45, 2.75) is 11.8 Å². The fourth-order valence-corrected chi connectivity index (χ4v) is 3.02. The minimum atomic E-state index is -3.72. The molecular weight excluding hydrogens is 280 g/mol. The Morgan fingerprint density at radius 2 is 1.85 bits per heavy atom. The van der Waals surface area contributed by atoms with Crippen molar-refractivity contribution in [3.05, 3.63) is 36.9 Å². The number of pyridine rings is 1. The van der Waals surface area contributed by atoms with Crippen LogP contribution in [0.3, 0.4) is 0 Å². The zero-order valence-corrected chi connectivity index (χ0v) is 11.6. The molecule has 0 amide bonds. The lowest BCUT2D eigenvalue weighted by Crippen LogP contribution is -2.31. The fraction of sp³-hybridized carbons (Fsp3) is 0.182. The number of hydrogen-bond acceptors (Lipinski definition) is 7. The van der Waals surface area contributed by atoms with Crippen LogP contribution in [0, 0.1) is 0 Å². The summed E-state index contributed by atoms with van der Waals surface area (Å²) in [6, 6.07) is 3.25. The molecular formula is C11H14N6O2S. The van der Waals surface area contributed by atoms with Crippen LogP contribution in [0.15, 0.2) is 41.8 Å². The topological polar surface area (TPSA) is 114 Å². The monoisotopic (exact) mass is 294 g/mol. The zero-order chi connectivity index (χ0) is 14.6. The fourth-order valence-electron chi connectivity index (χ4n) is 1.65. The number of anilines is 2. The Bertz CT molecular complexity index is 659. The van der Waals surface area contributed by atoms with Gasteiger partial charge in [0, 0.05) is 18.9 Å². The molecule has 106 valence electrons. The van der Waals surface area contributed by atoms with E-state index in [4.69, 9.17) is 5.84 Å². The summed E-state index contributed by atoms with van der Waals surface area (Å²) < 4.78 is 26.3. The van der Waals surface area contributed by atoms with Gasteiger partial charge >= 0.3 is 0 Å². The van der Waals surface area contributed by atoms with Crippen molar-refractivity contribution in [1.29, 1.82) is 0 Å². The highest BCUT2D eigenvalue weighted by molar-refractivity contribution is 7.92. The molecule has 0 saturated carbocycles. The summed E-state index contributed by atoms with van der Waals surface area (Å²) in [5.41, 5.74) is 2.77. The number of nitrogens with one attached hydrogen (secondary N) is 1. The number of hydrogen-bond donors (Lipinski definition) is 2. The highest BCUT2D eigenvalue weighted by Crippen LogP contribution is 2.21. The highest BCUT2D eigenvalue weighted by atomic mass is 32.2. The van der Waals surface area contributed by atoms with E-state index >= 15 is 0 Å². The molecule has 8 nitrogen and oxygen atoms in total. The molecule has 0 spiro atoms. The van der Waals surface area contributed by atoms with Gasteiger partial charge in [0.2, 0.25) is 5.95 Å². The Hall–Kier alpha value is -2.26. The second-order valence-electron chi connectivity index (χ2n) is 3.76. The molecule has 0 unspecified atom stereocenters. The molecule has 20 heavy (non-hydrogen) atoms. The Kier molecular flexibility index (Phi) is 4.11. The van der Waals surface area contributed by atoms with E-state index in [1.807, 2.05) is 0 Å². The van der Waals surface area contributed by atoms with Crippen LogP contribution in [0.4, 0.5) is 11.6 Å². The molecule has 2 heterocycles. The molecule has 2 aromatic rings. The van der Waals surface area contributed by atoms with Crippen LogP contribution < -0.4 is 15.6 Å². The van der Waals surface area contributed by atoms with E-state index in [2.05, 4.69) is 20.4 Å². The molecule has 0 aliphatic carbocycles. The first-order chi connectivity index (χ1) is 9.59. The Labute approximate surface area is 116 Å². The number of nitrogens with two attached hydrogens (primary N) is 1. The van der Waals surface area contributed by atoms with Gasteiger partial charge in [0.1, 0.15) is 4.90 Å². The van der Waals surface area contributed by atoms with Crippen molar-refractivity contribution in [2.24, 2.45) is 5.84 Å². The van der Waals surface area contributed by atoms with Crippen LogP contribution in [0.2, 0.25) is 0 Å². The summed E-state index contributed by atoms with van der Waals surface area (Å²) in [4.78, 5) is 11.5. The zero-order valence-electron chi connectivity index (χ0n) is 10.8. The predicted octanol–water partition coefficient (Wildman–Crippen LogP) is 0.372. The van der Waals surface area contributed by atoms with Gasteiger partial charge in [-0.3, -0.25) is 14.7 Å². The third-order valence-electron chi connectivity index (χ3n) is 2.58. The quantitative estimate of drug-likeness (QED) is 0.605. The molecule has 9 heteroatoms. The van der Waals surface area contributed by atoms with Crippen LogP contribution in [0.25, 0.3) is 0 Å². The third kappa shape index (κ3) is 2.68. The van der Waals surface area contributed by atoms with Gasteiger partial charge in [-0.25, -0.2) is 24.2 Å². The van der Waals surface area contributed by atoms with E-state index in [1.54, 1.807) is 19.1 Å². The molecule has 0 aromatic carbocycles. The van der Waals surface area contributed by atoms with Gasteiger partial charge in [-0.05, 0) is 19.1 Å². The maximum absolute atomic E-state index is 12.5. The Balaban J connectivity index is 2.41. The van der Waals surface area contributed by atoms with E-state index in [-0.39, 0.29) is 17.4 Å². The van der Waals surface area contributed by atoms with E-state index in [0.717, 1.165) is 0 Å². The SMILES string of the molecule is CCN(c1ccncc1)S(=O)(=O)c1cnc(NN)nc1. The minimum absolute atomic E-state index is 0.00448. The molecule has 0 saturated heterocycles. The van der Waals surface area contributed by atoms with Crippen molar-refractivity contribution in [3.8, 4) is 0 Å². The van der Waals surface area contributed by atoms with Crippen molar-refractivity contribution in [3.63, 3.8) is 0 Å². The number of nitrogens with zero attached hydrogens (tertiary/aromatic N) is 4. The van der Waals surface area contributed by atoms with Crippen LogP contribution in [-0.4, -0.2) is 29.9 Å². The predicted molar refractivity (Wildman–Crippen MR) is 74.3 cm³/mol. The lowest BCUT2D eigenvalue weighted by atomic mass is 10.4. The highest BCUT2D eigenvalue weighted by Gasteiger charge is 2.24. The molecule has 2 aromatic heterocycles. The number of rotatable bonds is 5. The number of nitrogen functional groups attached to an aromatic ring is 1. The van der Waals surface area contributed by atoms with Crippen molar-refractivity contribution < 1.29 is 8.42 Å². The van der Waals surface area contributed by atoms with Gasteiger partial charge < -0.3 is 0 Å². The normalized spacial score (nSPS) is 11.1. The molecule has 0 atom stereocenters. The van der Waals surface area contributed by atoms with Crippen LogP contribution in [0.1, 0.15) is 6.92 Å². The first-order valence-electron chi connectivity index (χ1n) is 5.81. The van der Waals surface area contributed by atoms with Crippen LogP contribution in [-0.2, 0) is 10.0 Å².